The molecule has 0 radical (unpaired) electrons. The predicted octanol–water partition coefficient (Wildman–Crippen LogP) is 1.55. The van der Waals surface area contributed by atoms with Crippen LogP contribution in [0.2, 0.25) is 5.02 Å². The molecule has 2 atom stereocenters. The van der Waals surface area contributed by atoms with Crippen LogP contribution in [0.15, 0.2) is 11.0 Å². The summed E-state index contributed by atoms with van der Waals surface area (Å²) in [6.45, 7) is 5.84. The van der Waals surface area contributed by atoms with Crippen molar-refractivity contribution in [3.05, 3.63) is 21.6 Å². The summed E-state index contributed by atoms with van der Waals surface area (Å²) in [5.74, 6) is 0.554. The van der Waals surface area contributed by atoms with E-state index in [9.17, 15) is 9.59 Å². The van der Waals surface area contributed by atoms with Gasteiger partial charge in [0.1, 0.15) is 11.6 Å². The number of carbonyl (C=O) groups is 1. The normalized spacial score (nSPS) is 22.2. The first-order valence-corrected chi connectivity index (χ1v) is 7.37. The van der Waals surface area contributed by atoms with Crippen molar-refractivity contribution in [1.29, 1.82) is 0 Å². The number of rotatable bonds is 3. The van der Waals surface area contributed by atoms with E-state index in [0.29, 0.717) is 17.5 Å². The standard InChI is InChI=1S/C14H20ClN3O3/c1-9-4-10(2)7-17(6-9)11-5-16-18(8-12(19)21-3)14(20)13(11)15/h5,9-10H,4,6-8H2,1-3H3/t9-,10-/m0/s1. The molecular formula is C14H20ClN3O3. The number of piperidine rings is 1. The number of hydrogen-bond acceptors (Lipinski definition) is 5. The molecule has 0 spiro atoms. The van der Waals surface area contributed by atoms with Crippen LogP contribution in [0.25, 0.3) is 0 Å². The molecule has 1 aliphatic rings. The van der Waals surface area contributed by atoms with E-state index in [-0.39, 0.29) is 11.6 Å². The van der Waals surface area contributed by atoms with Crippen LogP contribution in [-0.2, 0) is 16.1 Å². The molecule has 0 saturated carbocycles. The summed E-state index contributed by atoms with van der Waals surface area (Å²) in [4.78, 5) is 25.5. The Morgan fingerprint density at radius 3 is 2.62 bits per heavy atom. The fourth-order valence-corrected chi connectivity index (χ4v) is 3.10. The van der Waals surface area contributed by atoms with E-state index < -0.39 is 11.5 Å². The molecule has 116 valence electrons. The summed E-state index contributed by atoms with van der Waals surface area (Å²) >= 11 is 6.19. The second-order valence-corrected chi connectivity index (χ2v) is 6.11. The van der Waals surface area contributed by atoms with Gasteiger partial charge in [-0.2, -0.15) is 5.10 Å². The van der Waals surface area contributed by atoms with E-state index in [2.05, 4.69) is 28.6 Å². The summed E-state index contributed by atoms with van der Waals surface area (Å²) < 4.78 is 5.55. The Labute approximate surface area is 128 Å². The zero-order valence-electron chi connectivity index (χ0n) is 12.5. The first-order valence-electron chi connectivity index (χ1n) is 6.99. The van der Waals surface area contributed by atoms with E-state index in [1.165, 1.54) is 13.5 Å². The van der Waals surface area contributed by atoms with Gasteiger partial charge in [0.05, 0.1) is 19.0 Å². The molecule has 0 N–H and O–H groups in total. The average molecular weight is 314 g/mol. The number of nitrogens with zero attached hydrogens (tertiary/aromatic N) is 3. The van der Waals surface area contributed by atoms with Crippen LogP contribution in [0.1, 0.15) is 20.3 Å². The third kappa shape index (κ3) is 3.56. The molecule has 0 aliphatic carbocycles. The van der Waals surface area contributed by atoms with Crippen LogP contribution in [-0.4, -0.2) is 35.9 Å². The van der Waals surface area contributed by atoms with Crippen LogP contribution in [0.3, 0.4) is 0 Å². The second kappa shape index (κ2) is 6.47. The Bertz CT molecular complexity index is 577. The quantitative estimate of drug-likeness (QED) is 0.792. The molecule has 0 bridgehead atoms. The van der Waals surface area contributed by atoms with Crippen molar-refractivity contribution in [2.24, 2.45) is 11.8 Å². The van der Waals surface area contributed by atoms with Gasteiger partial charge in [-0.25, -0.2) is 4.68 Å². The zero-order valence-corrected chi connectivity index (χ0v) is 13.3. The van der Waals surface area contributed by atoms with Gasteiger partial charge in [0, 0.05) is 13.1 Å². The van der Waals surface area contributed by atoms with Crippen LogP contribution < -0.4 is 10.5 Å². The van der Waals surface area contributed by atoms with Gasteiger partial charge in [-0.3, -0.25) is 9.59 Å². The van der Waals surface area contributed by atoms with Crippen LogP contribution >= 0.6 is 11.6 Å². The summed E-state index contributed by atoms with van der Waals surface area (Å²) in [7, 11) is 1.26. The first kappa shape index (κ1) is 15.8. The van der Waals surface area contributed by atoms with Crippen LogP contribution in [0, 0.1) is 11.8 Å². The van der Waals surface area contributed by atoms with Crippen molar-refractivity contribution in [3.8, 4) is 0 Å². The average Bonchev–Trinajstić information content (AvgIpc) is 2.42. The smallest absolute Gasteiger partial charge is 0.327 e. The number of hydrogen-bond donors (Lipinski definition) is 0. The molecule has 1 aromatic rings. The SMILES string of the molecule is COC(=O)Cn1ncc(N2C[C@@H](C)C[C@H](C)C2)c(Cl)c1=O. The largest absolute Gasteiger partial charge is 0.468 e. The number of esters is 1. The van der Waals surface area contributed by atoms with Crippen molar-refractivity contribution in [1.82, 2.24) is 9.78 Å². The second-order valence-electron chi connectivity index (χ2n) is 5.73. The van der Waals surface area contributed by atoms with E-state index in [1.807, 2.05) is 0 Å². The molecule has 1 aromatic heterocycles. The number of ether oxygens (including phenoxy) is 1. The van der Waals surface area contributed by atoms with Gasteiger partial charge in [-0.05, 0) is 18.3 Å². The van der Waals surface area contributed by atoms with Crippen molar-refractivity contribution in [2.75, 3.05) is 25.1 Å². The Hall–Kier alpha value is -1.56. The van der Waals surface area contributed by atoms with Crippen molar-refractivity contribution >= 4 is 23.3 Å². The summed E-state index contributed by atoms with van der Waals surface area (Å²) in [5.41, 5.74) is 0.173. The minimum Gasteiger partial charge on any atom is -0.468 e. The van der Waals surface area contributed by atoms with Crippen molar-refractivity contribution in [2.45, 2.75) is 26.8 Å². The third-order valence-corrected chi connectivity index (χ3v) is 4.04. The zero-order chi connectivity index (χ0) is 15.6. The molecule has 2 heterocycles. The third-order valence-electron chi connectivity index (χ3n) is 3.68. The van der Waals surface area contributed by atoms with Gasteiger partial charge in [0.2, 0.25) is 0 Å². The van der Waals surface area contributed by atoms with E-state index in [4.69, 9.17) is 11.6 Å². The highest BCUT2D eigenvalue weighted by atomic mass is 35.5. The van der Waals surface area contributed by atoms with Gasteiger partial charge < -0.3 is 9.64 Å². The number of anilines is 1. The lowest BCUT2D eigenvalue weighted by atomic mass is 9.92. The van der Waals surface area contributed by atoms with Crippen LogP contribution in [0.5, 0.6) is 0 Å². The van der Waals surface area contributed by atoms with E-state index in [0.717, 1.165) is 17.8 Å². The minimum absolute atomic E-state index is 0.107. The van der Waals surface area contributed by atoms with Gasteiger partial charge in [0.25, 0.3) is 5.56 Å². The maximum atomic E-state index is 12.2. The first-order chi connectivity index (χ1) is 9.92. The number of halogens is 1. The monoisotopic (exact) mass is 313 g/mol. The molecule has 6 nitrogen and oxygen atoms in total. The fourth-order valence-electron chi connectivity index (χ4n) is 2.84. The Balaban J connectivity index is 2.28. The predicted molar refractivity (Wildman–Crippen MR) is 80.7 cm³/mol. The van der Waals surface area contributed by atoms with Gasteiger partial charge in [0.15, 0.2) is 0 Å². The highest BCUT2D eigenvalue weighted by Gasteiger charge is 2.25. The molecule has 0 unspecified atom stereocenters. The maximum Gasteiger partial charge on any atom is 0.327 e. The van der Waals surface area contributed by atoms with Crippen molar-refractivity contribution < 1.29 is 9.53 Å². The van der Waals surface area contributed by atoms with Gasteiger partial charge in [-0.1, -0.05) is 25.4 Å². The maximum absolute atomic E-state index is 12.2. The number of methoxy groups -OCH3 is 1. The topological polar surface area (TPSA) is 64.4 Å². The summed E-state index contributed by atoms with van der Waals surface area (Å²) in [5, 5.41) is 4.14. The minimum atomic E-state index is -0.534. The molecule has 2 rings (SSSR count). The van der Waals surface area contributed by atoms with E-state index in [1.54, 1.807) is 6.20 Å². The highest BCUT2D eigenvalue weighted by Crippen LogP contribution is 2.28. The fraction of sp³-hybridized carbons (Fsp3) is 0.643. The number of aromatic nitrogens is 2. The summed E-state index contributed by atoms with van der Waals surface area (Å²) in [6.07, 6.45) is 2.72. The lowest BCUT2D eigenvalue weighted by molar-refractivity contribution is -0.141. The molecule has 1 fully saturated rings. The molecule has 1 saturated heterocycles. The van der Waals surface area contributed by atoms with Gasteiger partial charge >= 0.3 is 5.97 Å². The molecule has 1 aliphatic heterocycles. The Morgan fingerprint density at radius 2 is 2.05 bits per heavy atom. The van der Waals surface area contributed by atoms with Crippen LogP contribution in [0.4, 0.5) is 5.69 Å². The Morgan fingerprint density at radius 1 is 1.43 bits per heavy atom. The van der Waals surface area contributed by atoms with Gasteiger partial charge in [-0.15, -0.1) is 0 Å². The molecule has 21 heavy (non-hydrogen) atoms. The lowest BCUT2D eigenvalue weighted by Crippen LogP contribution is -2.40. The molecular weight excluding hydrogens is 294 g/mol. The molecule has 0 aromatic carbocycles. The Kier molecular flexibility index (Phi) is 4.88. The molecule has 7 heteroatoms. The number of carbonyl (C=O) groups excluding carboxylic acids is 1. The lowest BCUT2D eigenvalue weighted by Gasteiger charge is -2.36. The molecule has 0 amide bonds. The summed E-state index contributed by atoms with van der Waals surface area (Å²) in [6, 6.07) is 0. The van der Waals surface area contributed by atoms with Crippen molar-refractivity contribution in [3.63, 3.8) is 0 Å². The van der Waals surface area contributed by atoms with E-state index >= 15 is 0 Å². The highest BCUT2D eigenvalue weighted by molar-refractivity contribution is 6.33.